The van der Waals surface area contributed by atoms with Crippen molar-refractivity contribution in [1.29, 1.82) is 0 Å². The highest BCUT2D eigenvalue weighted by atomic mass is 79.9. The summed E-state index contributed by atoms with van der Waals surface area (Å²) in [5, 5.41) is 7.19. The summed E-state index contributed by atoms with van der Waals surface area (Å²) in [7, 11) is 0. The number of amides is 2. The van der Waals surface area contributed by atoms with Crippen LogP contribution in [0.5, 0.6) is 0 Å². The molecule has 1 aliphatic heterocycles. The number of anilines is 1. The summed E-state index contributed by atoms with van der Waals surface area (Å²) >= 11 is 3.51. The molecule has 0 bridgehead atoms. The average molecular weight is 451 g/mol. The van der Waals surface area contributed by atoms with Crippen LogP contribution in [0.15, 0.2) is 65.3 Å². The Hall–Kier alpha value is -2.93. The van der Waals surface area contributed by atoms with Crippen LogP contribution in [0.25, 0.3) is 5.69 Å². The first kappa shape index (κ1) is 18.1. The first-order valence-corrected chi connectivity index (χ1v) is 10.3. The van der Waals surface area contributed by atoms with E-state index in [4.69, 9.17) is 0 Å². The Balaban J connectivity index is 1.34. The van der Waals surface area contributed by atoms with Gasteiger partial charge < -0.3 is 10.2 Å². The van der Waals surface area contributed by atoms with Gasteiger partial charge in [0.1, 0.15) is 12.4 Å². The fourth-order valence-electron chi connectivity index (χ4n) is 4.07. The summed E-state index contributed by atoms with van der Waals surface area (Å²) in [5.41, 5.74) is 2.67. The topological polar surface area (TPSA) is 67.2 Å². The molecule has 2 aliphatic rings. The predicted octanol–water partition coefficient (Wildman–Crippen LogP) is 3.76. The number of carbonyl (C=O) groups is 2. The number of rotatable bonds is 4. The van der Waals surface area contributed by atoms with E-state index in [1.165, 1.54) is 0 Å². The minimum Gasteiger partial charge on any atom is -0.328 e. The van der Waals surface area contributed by atoms with Crippen molar-refractivity contribution >= 4 is 33.6 Å². The van der Waals surface area contributed by atoms with Crippen LogP contribution in [0.1, 0.15) is 28.8 Å². The van der Waals surface area contributed by atoms with Gasteiger partial charge in [0.15, 0.2) is 0 Å². The van der Waals surface area contributed by atoms with Gasteiger partial charge in [0.25, 0.3) is 5.91 Å². The standard InChI is InChI=1S/C22H19BrN4O2/c23-15-6-7-17-18(12-15)22(9-10-22)14-26(21(17)29)13-20(28)25-19-8-11-24-27(19)16-4-2-1-3-5-16/h1-8,11-12H,9-10,13-14H2,(H,25,28). The summed E-state index contributed by atoms with van der Waals surface area (Å²) in [6.45, 7) is 0.608. The van der Waals surface area contributed by atoms with Gasteiger partial charge in [-0.2, -0.15) is 5.10 Å². The Kier molecular flexibility index (Phi) is 4.28. The largest absolute Gasteiger partial charge is 0.328 e. The van der Waals surface area contributed by atoms with Gasteiger partial charge in [-0.1, -0.05) is 34.1 Å². The van der Waals surface area contributed by atoms with Gasteiger partial charge >= 0.3 is 0 Å². The maximum Gasteiger partial charge on any atom is 0.254 e. The van der Waals surface area contributed by atoms with Crippen molar-refractivity contribution in [3.8, 4) is 5.69 Å². The van der Waals surface area contributed by atoms with E-state index in [1.54, 1.807) is 21.8 Å². The van der Waals surface area contributed by atoms with Crippen molar-refractivity contribution in [2.24, 2.45) is 0 Å². The quantitative estimate of drug-likeness (QED) is 0.657. The Morgan fingerprint density at radius 1 is 1.14 bits per heavy atom. The lowest BCUT2D eigenvalue weighted by Gasteiger charge is -2.34. The van der Waals surface area contributed by atoms with Gasteiger partial charge in [0.05, 0.1) is 11.9 Å². The molecule has 1 N–H and O–H groups in total. The molecule has 5 rings (SSSR count). The second-order valence-corrected chi connectivity index (χ2v) is 8.56. The van der Waals surface area contributed by atoms with Gasteiger partial charge in [-0.3, -0.25) is 9.59 Å². The molecule has 29 heavy (non-hydrogen) atoms. The third-order valence-electron chi connectivity index (χ3n) is 5.66. The maximum atomic E-state index is 13.0. The average Bonchev–Trinajstić information content (AvgIpc) is 3.35. The molecule has 0 saturated heterocycles. The van der Waals surface area contributed by atoms with Gasteiger partial charge in [0, 0.05) is 28.1 Å². The Morgan fingerprint density at radius 2 is 1.93 bits per heavy atom. The molecule has 1 fully saturated rings. The lowest BCUT2D eigenvalue weighted by molar-refractivity contribution is -0.117. The zero-order valence-corrected chi connectivity index (χ0v) is 17.2. The molecule has 1 spiro atoms. The lowest BCUT2D eigenvalue weighted by Crippen LogP contribution is -2.46. The first-order chi connectivity index (χ1) is 14.1. The maximum absolute atomic E-state index is 13.0. The molecule has 146 valence electrons. The third kappa shape index (κ3) is 3.25. The highest BCUT2D eigenvalue weighted by Crippen LogP contribution is 2.52. The number of hydrogen-bond donors (Lipinski definition) is 1. The van der Waals surface area contributed by atoms with E-state index in [0.29, 0.717) is 17.9 Å². The molecular weight excluding hydrogens is 432 g/mol. The van der Waals surface area contributed by atoms with E-state index < -0.39 is 0 Å². The molecule has 0 atom stereocenters. The number of fused-ring (bicyclic) bond motifs is 2. The molecule has 2 aromatic carbocycles. The second kappa shape index (κ2) is 6.84. The van der Waals surface area contributed by atoms with Crippen LogP contribution in [0, 0.1) is 0 Å². The normalized spacial score (nSPS) is 16.6. The van der Waals surface area contributed by atoms with Crippen LogP contribution in [-0.2, 0) is 10.2 Å². The third-order valence-corrected chi connectivity index (χ3v) is 6.16. The number of carbonyl (C=O) groups excluding carboxylic acids is 2. The van der Waals surface area contributed by atoms with Gasteiger partial charge in [0.2, 0.25) is 5.91 Å². The van der Waals surface area contributed by atoms with Crippen LogP contribution in [0.3, 0.4) is 0 Å². The highest BCUT2D eigenvalue weighted by molar-refractivity contribution is 9.10. The fourth-order valence-corrected chi connectivity index (χ4v) is 4.43. The van der Waals surface area contributed by atoms with Crippen molar-refractivity contribution < 1.29 is 9.59 Å². The number of hydrogen-bond acceptors (Lipinski definition) is 3. The van der Waals surface area contributed by atoms with Gasteiger partial charge in [-0.15, -0.1) is 0 Å². The van der Waals surface area contributed by atoms with Gasteiger partial charge in [-0.25, -0.2) is 4.68 Å². The summed E-state index contributed by atoms with van der Waals surface area (Å²) in [4.78, 5) is 27.4. The SMILES string of the molecule is O=C(CN1CC2(CC2)c2cc(Br)ccc2C1=O)Nc1ccnn1-c1ccccc1. The molecule has 2 heterocycles. The summed E-state index contributed by atoms with van der Waals surface area (Å²) in [6.07, 6.45) is 3.73. The lowest BCUT2D eigenvalue weighted by atomic mass is 9.86. The Morgan fingerprint density at radius 3 is 2.69 bits per heavy atom. The van der Waals surface area contributed by atoms with E-state index >= 15 is 0 Å². The minimum atomic E-state index is -0.229. The van der Waals surface area contributed by atoms with E-state index in [2.05, 4.69) is 32.4 Å². The second-order valence-electron chi connectivity index (χ2n) is 7.64. The molecule has 7 heteroatoms. The molecular formula is C22H19BrN4O2. The molecule has 1 saturated carbocycles. The first-order valence-electron chi connectivity index (χ1n) is 9.54. The van der Waals surface area contributed by atoms with Crippen molar-refractivity contribution in [1.82, 2.24) is 14.7 Å². The minimum absolute atomic E-state index is 0.000878. The molecule has 3 aromatic rings. The Labute approximate surface area is 176 Å². The zero-order valence-electron chi connectivity index (χ0n) is 15.6. The molecule has 0 unspecified atom stereocenters. The smallest absolute Gasteiger partial charge is 0.254 e. The van der Waals surface area contributed by atoms with Crippen LogP contribution in [0.4, 0.5) is 5.82 Å². The van der Waals surface area contributed by atoms with Gasteiger partial charge in [-0.05, 0) is 48.7 Å². The summed E-state index contributed by atoms with van der Waals surface area (Å²) in [5.74, 6) is 0.264. The van der Waals surface area contributed by atoms with E-state index in [1.807, 2.05) is 42.5 Å². The summed E-state index contributed by atoms with van der Waals surface area (Å²) in [6, 6.07) is 17.1. The number of aromatic nitrogens is 2. The Bertz CT molecular complexity index is 1110. The van der Waals surface area contributed by atoms with Crippen LogP contribution in [0.2, 0.25) is 0 Å². The van der Waals surface area contributed by atoms with Crippen molar-refractivity contribution in [3.05, 3.63) is 76.4 Å². The molecule has 0 radical (unpaired) electrons. The molecule has 1 aliphatic carbocycles. The van der Waals surface area contributed by atoms with Crippen LogP contribution >= 0.6 is 15.9 Å². The molecule has 1 aromatic heterocycles. The zero-order chi connectivity index (χ0) is 20.0. The van der Waals surface area contributed by atoms with E-state index in [-0.39, 0.29) is 23.8 Å². The van der Waals surface area contributed by atoms with Crippen LogP contribution < -0.4 is 5.32 Å². The molecule has 2 amide bonds. The van der Waals surface area contributed by atoms with Crippen molar-refractivity contribution in [3.63, 3.8) is 0 Å². The van der Waals surface area contributed by atoms with Crippen molar-refractivity contribution in [2.75, 3.05) is 18.4 Å². The summed E-state index contributed by atoms with van der Waals surface area (Å²) < 4.78 is 2.65. The number of para-hydroxylation sites is 1. The number of halogens is 1. The van der Waals surface area contributed by atoms with Crippen LogP contribution in [-0.4, -0.2) is 39.6 Å². The van der Waals surface area contributed by atoms with Crippen molar-refractivity contribution in [2.45, 2.75) is 18.3 Å². The molecule has 6 nitrogen and oxygen atoms in total. The predicted molar refractivity (Wildman–Crippen MR) is 113 cm³/mol. The number of nitrogens with zero attached hydrogens (tertiary/aromatic N) is 3. The number of nitrogens with one attached hydrogen (secondary N) is 1. The van der Waals surface area contributed by atoms with E-state index in [0.717, 1.165) is 28.6 Å². The van der Waals surface area contributed by atoms with E-state index in [9.17, 15) is 9.59 Å². The highest BCUT2D eigenvalue weighted by Gasteiger charge is 2.51. The number of benzene rings is 2. The monoisotopic (exact) mass is 450 g/mol. The fraction of sp³-hybridized carbons (Fsp3) is 0.227.